The molecule has 2 aromatic carbocycles. The van der Waals surface area contributed by atoms with Crippen LogP contribution < -0.4 is 4.74 Å². The number of halogens is 2. The summed E-state index contributed by atoms with van der Waals surface area (Å²) in [5.41, 5.74) is 0.947. The Morgan fingerprint density at radius 2 is 1.84 bits per heavy atom. The van der Waals surface area contributed by atoms with Gasteiger partial charge in [-0.3, -0.25) is 4.79 Å². The molecule has 0 radical (unpaired) electrons. The van der Waals surface area contributed by atoms with Crippen LogP contribution in [-0.4, -0.2) is 31.1 Å². The number of ether oxygens (including phenoxy) is 1. The Balaban J connectivity index is 1.40. The molecule has 1 aliphatic heterocycles. The van der Waals surface area contributed by atoms with E-state index in [-0.39, 0.29) is 16.4 Å². The second-order valence-electron chi connectivity index (χ2n) is 7.50. The molecule has 3 aromatic rings. The molecular weight excluding hydrogens is 489 g/mol. The molecular formula is C23H21Cl2NO4S2. The van der Waals surface area contributed by atoms with Gasteiger partial charge < -0.3 is 4.74 Å². The van der Waals surface area contributed by atoms with Crippen LogP contribution in [0.5, 0.6) is 11.5 Å². The number of benzene rings is 2. The van der Waals surface area contributed by atoms with E-state index in [0.29, 0.717) is 46.7 Å². The van der Waals surface area contributed by atoms with Gasteiger partial charge in [0.05, 0.1) is 10.4 Å². The molecule has 1 aliphatic rings. The van der Waals surface area contributed by atoms with Crippen LogP contribution in [0.4, 0.5) is 0 Å². The van der Waals surface area contributed by atoms with Crippen LogP contribution in [0.1, 0.15) is 24.8 Å². The monoisotopic (exact) mass is 509 g/mol. The Morgan fingerprint density at radius 3 is 2.56 bits per heavy atom. The number of carbonyl (C=O) groups is 1. The Morgan fingerprint density at radius 1 is 1.06 bits per heavy atom. The molecule has 0 aliphatic carbocycles. The molecule has 1 fully saturated rings. The predicted octanol–water partition coefficient (Wildman–Crippen LogP) is 6.20. The first-order chi connectivity index (χ1) is 15.3. The number of Topliss-reactive ketones (excluding diaryl/α,β-unsaturated/α-hetero) is 1. The number of thiophene rings is 1. The standard InChI is InChI=1S/C23H21Cl2NO4S2/c24-17-7-9-18(10-8-17)30-19-4-1-3-16(15-19)6-11-21(27)20-5-2-14-26(20)32(28,29)23-13-12-22(25)31-23/h1,3-4,7-10,12-13,15,20H,2,5-6,11,14H2/t20-/m0/s1. The summed E-state index contributed by atoms with van der Waals surface area (Å²) in [6.07, 6.45) is 1.97. The van der Waals surface area contributed by atoms with E-state index in [2.05, 4.69) is 0 Å². The fraction of sp³-hybridized carbons (Fsp3) is 0.261. The summed E-state index contributed by atoms with van der Waals surface area (Å²) in [6.45, 7) is 0.346. The van der Waals surface area contributed by atoms with Crippen molar-refractivity contribution in [1.29, 1.82) is 0 Å². The zero-order valence-electron chi connectivity index (χ0n) is 17.0. The minimum atomic E-state index is -3.72. The minimum Gasteiger partial charge on any atom is -0.457 e. The highest BCUT2D eigenvalue weighted by atomic mass is 35.5. The first-order valence-electron chi connectivity index (χ1n) is 10.2. The number of sulfonamides is 1. The summed E-state index contributed by atoms with van der Waals surface area (Å²) in [7, 11) is -3.72. The lowest BCUT2D eigenvalue weighted by molar-refractivity contribution is -0.122. The predicted molar refractivity (Wildman–Crippen MR) is 128 cm³/mol. The molecule has 2 heterocycles. The molecule has 0 bridgehead atoms. The van der Waals surface area contributed by atoms with E-state index >= 15 is 0 Å². The van der Waals surface area contributed by atoms with Crippen molar-refractivity contribution >= 4 is 50.3 Å². The van der Waals surface area contributed by atoms with Gasteiger partial charge in [0.25, 0.3) is 10.0 Å². The highest BCUT2D eigenvalue weighted by molar-refractivity contribution is 7.91. The number of carbonyl (C=O) groups excluding carboxylic acids is 1. The summed E-state index contributed by atoms with van der Waals surface area (Å²) in [4.78, 5) is 12.9. The maximum Gasteiger partial charge on any atom is 0.253 e. The third kappa shape index (κ3) is 5.35. The van der Waals surface area contributed by atoms with Crippen LogP contribution in [-0.2, 0) is 21.2 Å². The minimum absolute atomic E-state index is 0.0715. The van der Waals surface area contributed by atoms with Crippen LogP contribution in [0, 0.1) is 0 Å². The van der Waals surface area contributed by atoms with Crippen LogP contribution >= 0.6 is 34.5 Å². The van der Waals surface area contributed by atoms with Gasteiger partial charge in [-0.15, -0.1) is 11.3 Å². The van der Waals surface area contributed by atoms with E-state index in [1.54, 1.807) is 30.3 Å². The van der Waals surface area contributed by atoms with Crippen LogP contribution in [0.2, 0.25) is 9.36 Å². The molecule has 1 aromatic heterocycles. The first-order valence-corrected chi connectivity index (χ1v) is 13.2. The molecule has 0 saturated carbocycles. The van der Waals surface area contributed by atoms with Gasteiger partial charge in [-0.1, -0.05) is 35.3 Å². The highest BCUT2D eigenvalue weighted by Gasteiger charge is 2.39. The Kier molecular flexibility index (Phi) is 7.22. The van der Waals surface area contributed by atoms with E-state index in [9.17, 15) is 13.2 Å². The Hall–Kier alpha value is -1.90. The van der Waals surface area contributed by atoms with Gasteiger partial charge in [-0.2, -0.15) is 4.31 Å². The fourth-order valence-electron chi connectivity index (χ4n) is 3.74. The molecule has 1 atom stereocenters. The first kappa shape index (κ1) is 23.3. The zero-order chi connectivity index (χ0) is 22.7. The van der Waals surface area contributed by atoms with E-state index in [4.69, 9.17) is 27.9 Å². The molecule has 0 N–H and O–H groups in total. The second kappa shape index (κ2) is 9.93. The quantitative estimate of drug-likeness (QED) is 0.362. The average molecular weight is 510 g/mol. The average Bonchev–Trinajstić information content (AvgIpc) is 3.44. The number of nitrogens with zero attached hydrogens (tertiary/aromatic N) is 1. The normalized spacial score (nSPS) is 16.9. The van der Waals surface area contributed by atoms with E-state index in [1.807, 2.05) is 24.3 Å². The molecule has 4 rings (SSSR count). The molecule has 0 unspecified atom stereocenters. The van der Waals surface area contributed by atoms with Crippen molar-refractivity contribution in [3.05, 3.63) is 75.6 Å². The topological polar surface area (TPSA) is 63.7 Å². The SMILES string of the molecule is O=C(CCc1cccc(Oc2ccc(Cl)cc2)c1)[C@@H]1CCCN1S(=O)(=O)c1ccc(Cl)s1. The van der Waals surface area contributed by atoms with Crippen molar-refractivity contribution in [3.63, 3.8) is 0 Å². The third-order valence-corrected chi connectivity index (χ3v) is 9.15. The van der Waals surface area contributed by atoms with Crippen molar-refractivity contribution in [3.8, 4) is 11.5 Å². The van der Waals surface area contributed by atoms with E-state index < -0.39 is 16.1 Å². The van der Waals surface area contributed by atoms with Gasteiger partial charge in [0.15, 0.2) is 5.78 Å². The fourth-order valence-corrected chi connectivity index (χ4v) is 7.16. The van der Waals surface area contributed by atoms with E-state index in [1.165, 1.54) is 10.4 Å². The van der Waals surface area contributed by atoms with Crippen LogP contribution in [0.25, 0.3) is 0 Å². The van der Waals surface area contributed by atoms with Gasteiger partial charge in [0, 0.05) is 18.0 Å². The van der Waals surface area contributed by atoms with Crippen molar-refractivity contribution < 1.29 is 17.9 Å². The van der Waals surface area contributed by atoms with Crippen LogP contribution in [0.15, 0.2) is 64.9 Å². The zero-order valence-corrected chi connectivity index (χ0v) is 20.2. The molecule has 5 nitrogen and oxygen atoms in total. The maximum absolute atomic E-state index is 13.0. The molecule has 0 amide bonds. The highest BCUT2D eigenvalue weighted by Crippen LogP contribution is 2.33. The smallest absolute Gasteiger partial charge is 0.253 e. The van der Waals surface area contributed by atoms with Crippen molar-refractivity contribution in [2.24, 2.45) is 0 Å². The van der Waals surface area contributed by atoms with Crippen molar-refractivity contribution in [2.45, 2.75) is 35.9 Å². The number of hydrogen-bond acceptors (Lipinski definition) is 5. The Bertz CT molecular complexity index is 1210. The molecule has 1 saturated heterocycles. The summed E-state index contributed by atoms with van der Waals surface area (Å²) in [6, 6.07) is 17.0. The number of aryl methyl sites for hydroxylation is 1. The molecule has 0 spiro atoms. The summed E-state index contributed by atoms with van der Waals surface area (Å²) >= 11 is 12.8. The molecule has 32 heavy (non-hydrogen) atoms. The number of rotatable bonds is 8. The summed E-state index contributed by atoms with van der Waals surface area (Å²) in [5, 5.41) is 0.634. The van der Waals surface area contributed by atoms with E-state index in [0.717, 1.165) is 16.9 Å². The number of ketones is 1. The van der Waals surface area contributed by atoms with Crippen LogP contribution in [0.3, 0.4) is 0 Å². The lowest BCUT2D eigenvalue weighted by atomic mass is 10.0. The number of hydrogen-bond donors (Lipinski definition) is 0. The molecule has 168 valence electrons. The summed E-state index contributed by atoms with van der Waals surface area (Å²) < 4.78 is 33.7. The third-order valence-electron chi connectivity index (χ3n) is 5.29. The largest absolute Gasteiger partial charge is 0.457 e. The van der Waals surface area contributed by atoms with Gasteiger partial charge in [0.2, 0.25) is 0 Å². The van der Waals surface area contributed by atoms with Gasteiger partial charge in [-0.05, 0) is 73.4 Å². The van der Waals surface area contributed by atoms with Crippen molar-refractivity contribution in [1.82, 2.24) is 4.31 Å². The summed E-state index contributed by atoms with van der Waals surface area (Å²) in [5.74, 6) is 1.26. The van der Waals surface area contributed by atoms with Gasteiger partial charge in [-0.25, -0.2) is 8.42 Å². The van der Waals surface area contributed by atoms with Crippen molar-refractivity contribution in [2.75, 3.05) is 6.54 Å². The lowest BCUT2D eigenvalue weighted by Gasteiger charge is -2.22. The van der Waals surface area contributed by atoms with Gasteiger partial charge >= 0.3 is 0 Å². The molecule has 9 heteroatoms. The Labute approximate surface area is 201 Å². The second-order valence-corrected chi connectivity index (χ2v) is 11.8. The lowest BCUT2D eigenvalue weighted by Crippen LogP contribution is -2.40. The van der Waals surface area contributed by atoms with Gasteiger partial charge in [0.1, 0.15) is 15.7 Å². The maximum atomic E-state index is 13.0.